The van der Waals surface area contributed by atoms with Crippen LogP contribution in [0.4, 0.5) is 0 Å². The Balaban J connectivity index is 1.42. The molecular weight excluding hydrogens is 426 g/mol. The van der Waals surface area contributed by atoms with Gasteiger partial charge in [-0.3, -0.25) is 19.3 Å². The van der Waals surface area contributed by atoms with Crippen molar-refractivity contribution in [3.8, 4) is 10.6 Å². The molecule has 0 radical (unpaired) electrons. The van der Waals surface area contributed by atoms with Crippen molar-refractivity contribution in [2.24, 2.45) is 0 Å². The molecule has 4 rings (SSSR count). The molecule has 164 valence electrons. The quantitative estimate of drug-likeness (QED) is 0.419. The second kappa shape index (κ2) is 9.42. The van der Waals surface area contributed by atoms with Crippen molar-refractivity contribution in [1.29, 1.82) is 0 Å². The van der Waals surface area contributed by atoms with Crippen LogP contribution in [0.3, 0.4) is 0 Å². The SMILES string of the molecule is COCCCN1C(=O)c2ccc(C(=O)NCc3csc(-c4ccccc4C)n3)cc2C1=O. The van der Waals surface area contributed by atoms with Gasteiger partial charge in [0.1, 0.15) is 5.01 Å². The van der Waals surface area contributed by atoms with E-state index in [1.54, 1.807) is 19.2 Å². The summed E-state index contributed by atoms with van der Waals surface area (Å²) in [7, 11) is 1.57. The van der Waals surface area contributed by atoms with Gasteiger partial charge in [-0.05, 0) is 37.1 Å². The predicted octanol–water partition coefficient (Wildman–Crippen LogP) is 3.68. The van der Waals surface area contributed by atoms with Crippen LogP contribution in [0, 0.1) is 6.92 Å². The highest BCUT2D eigenvalue weighted by molar-refractivity contribution is 7.13. The molecule has 2 heterocycles. The van der Waals surface area contributed by atoms with Gasteiger partial charge >= 0.3 is 0 Å². The van der Waals surface area contributed by atoms with Gasteiger partial charge in [0.2, 0.25) is 0 Å². The molecule has 3 amide bonds. The maximum Gasteiger partial charge on any atom is 0.261 e. The first-order valence-corrected chi connectivity index (χ1v) is 11.2. The van der Waals surface area contributed by atoms with Crippen LogP contribution >= 0.6 is 11.3 Å². The summed E-state index contributed by atoms with van der Waals surface area (Å²) >= 11 is 1.53. The van der Waals surface area contributed by atoms with E-state index >= 15 is 0 Å². The predicted molar refractivity (Wildman–Crippen MR) is 122 cm³/mol. The highest BCUT2D eigenvalue weighted by Crippen LogP contribution is 2.27. The van der Waals surface area contributed by atoms with Gasteiger partial charge in [-0.2, -0.15) is 0 Å². The number of imide groups is 1. The van der Waals surface area contributed by atoms with Crippen molar-refractivity contribution in [2.75, 3.05) is 20.3 Å². The minimum atomic E-state index is -0.377. The number of hydrogen-bond donors (Lipinski definition) is 1. The number of rotatable bonds is 8. The first-order chi connectivity index (χ1) is 15.5. The Morgan fingerprint density at radius 2 is 1.88 bits per heavy atom. The van der Waals surface area contributed by atoms with Crippen molar-refractivity contribution in [3.05, 3.63) is 75.8 Å². The van der Waals surface area contributed by atoms with Gasteiger partial charge in [-0.1, -0.05) is 24.3 Å². The second-order valence-electron chi connectivity index (χ2n) is 7.51. The zero-order chi connectivity index (χ0) is 22.7. The number of ether oxygens (including phenoxy) is 1. The smallest absolute Gasteiger partial charge is 0.261 e. The molecule has 0 spiro atoms. The van der Waals surface area contributed by atoms with Crippen LogP contribution in [-0.2, 0) is 11.3 Å². The van der Waals surface area contributed by atoms with Crippen LogP contribution in [0.25, 0.3) is 10.6 Å². The number of thiazole rings is 1. The Labute approximate surface area is 190 Å². The number of amides is 3. The van der Waals surface area contributed by atoms with E-state index in [0.29, 0.717) is 24.2 Å². The number of methoxy groups -OCH3 is 1. The van der Waals surface area contributed by atoms with Crippen LogP contribution in [0.2, 0.25) is 0 Å². The fourth-order valence-corrected chi connectivity index (χ4v) is 4.51. The first kappa shape index (κ1) is 21.9. The number of hydrogen-bond acceptors (Lipinski definition) is 6. The van der Waals surface area contributed by atoms with Gasteiger partial charge in [0.15, 0.2) is 0 Å². The van der Waals surface area contributed by atoms with E-state index in [0.717, 1.165) is 21.8 Å². The number of nitrogens with one attached hydrogen (secondary N) is 1. The Bertz CT molecular complexity index is 1190. The maximum absolute atomic E-state index is 12.7. The number of nitrogens with zero attached hydrogens (tertiary/aromatic N) is 2. The van der Waals surface area contributed by atoms with Crippen LogP contribution in [-0.4, -0.2) is 47.9 Å². The van der Waals surface area contributed by atoms with Crippen LogP contribution in [0.15, 0.2) is 47.8 Å². The fraction of sp³-hybridized carbons (Fsp3) is 0.250. The second-order valence-corrected chi connectivity index (χ2v) is 8.37. The first-order valence-electron chi connectivity index (χ1n) is 10.3. The lowest BCUT2D eigenvalue weighted by Crippen LogP contribution is -2.31. The molecule has 0 saturated heterocycles. The van der Waals surface area contributed by atoms with Crippen molar-refractivity contribution >= 4 is 29.1 Å². The minimum Gasteiger partial charge on any atom is -0.385 e. The number of carbonyl (C=O) groups excluding carboxylic acids is 3. The van der Waals surface area contributed by atoms with E-state index in [2.05, 4.69) is 10.3 Å². The van der Waals surface area contributed by atoms with E-state index in [1.165, 1.54) is 22.3 Å². The van der Waals surface area contributed by atoms with E-state index in [1.807, 2.05) is 36.6 Å². The molecule has 1 aliphatic rings. The molecule has 1 N–H and O–H groups in total. The summed E-state index contributed by atoms with van der Waals surface area (Å²) < 4.78 is 4.99. The molecule has 1 aromatic heterocycles. The van der Waals surface area contributed by atoms with E-state index in [9.17, 15) is 14.4 Å². The number of fused-ring (bicyclic) bond motifs is 1. The van der Waals surface area contributed by atoms with Crippen molar-refractivity contribution in [3.63, 3.8) is 0 Å². The molecule has 0 unspecified atom stereocenters. The zero-order valence-electron chi connectivity index (χ0n) is 17.9. The summed E-state index contributed by atoms with van der Waals surface area (Å²) in [5.74, 6) is -1.03. The lowest BCUT2D eigenvalue weighted by molar-refractivity contribution is 0.0638. The highest BCUT2D eigenvalue weighted by atomic mass is 32.1. The van der Waals surface area contributed by atoms with Gasteiger partial charge in [-0.25, -0.2) is 4.98 Å². The summed E-state index contributed by atoms with van der Waals surface area (Å²) in [6.45, 7) is 3.06. The molecule has 1 aliphatic heterocycles. The van der Waals surface area contributed by atoms with Crippen molar-refractivity contribution in [1.82, 2.24) is 15.2 Å². The Hall–Kier alpha value is -3.36. The topological polar surface area (TPSA) is 88.6 Å². The van der Waals surface area contributed by atoms with Gasteiger partial charge in [0, 0.05) is 36.8 Å². The van der Waals surface area contributed by atoms with Crippen molar-refractivity contribution in [2.45, 2.75) is 19.9 Å². The number of aromatic nitrogens is 1. The maximum atomic E-state index is 12.7. The number of carbonyl (C=O) groups is 3. The average molecular weight is 450 g/mol. The van der Waals surface area contributed by atoms with E-state index in [4.69, 9.17) is 4.74 Å². The van der Waals surface area contributed by atoms with Gasteiger partial charge in [-0.15, -0.1) is 11.3 Å². The number of benzene rings is 2. The molecule has 0 atom stereocenters. The third-order valence-electron chi connectivity index (χ3n) is 5.32. The largest absolute Gasteiger partial charge is 0.385 e. The lowest BCUT2D eigenvalue weighted by Gasteiger charge is -2.12. The summed E-state index contributed by atoms with van der Waals surface area (Å²) in [6, 6.07) is 12.6. The summed E-state index contributed by atoms with van der Waals surface area (Å²) in [5, 5.41) is 5.67. The molecule has 0 aliphatic carbocycles. The van der Waals surface area contributed by atoms with E-state index in [-0.39, 0.29) is 36.4 Å². The molecule has 7 nitrogen and oxygen atoms in total. The molecule has 8 heteroatoms. The summed E-state index contributed by atoms with van der Waals surface area (Å²) in [5.41, 5.74) is 3.90. The molecule has 0 bridgehead atoms. The van der Waals surface area contributed by atoms with Crippen LogP contribution in [0.5, 0.6) is 0 Å². The summed E-state index contributed by atoms with van der Waals surface area (Å²) in [6.07, 6.45) is 0.563. The standard InChI is InChI=1S/C24H23N3O4S/c1-15-6-3-4-7-18(15)22-26-17(14-32-22)13-25-21(28)16-8-9-19-20(12-16)24(30)27(23(19)29)10-5-11-31-2/h3-4,6-9,12,14H,5,10-11,13H2,1-2H3,(H,25,28). The third-order valence-corrected chi connectivity index (χ3v) is 6.24. The number of aryl methyl sites for hydroxylation is 1. The van der Waals surface area contributed by atoms with Crippen LogP contribution in [0.1, 0.15) is 48.8 Å². The lowest BCUT2D eigenvalue weighted by atomic mass is 10.1. The van der Waals surface area contributed by atoms with Gasteiger partial charge in [0.25, 0.3) is 17.7 Å². The third kappa shape index (κ3) is 4.32. The molecule has 3 aromatic rings. The highest BCUT2D eigenvalue weighted by Gasteiger charge is 2.35. The van der Waals surface area contributed by atoms with Gasteiger partial charge < -0.3 is 10.1 Å². The molecule has 0 fully saturated rings. The van der Waals surface area contributed by atoms with E-state index < -0.39 is 0 Å². The fourth-order valence-electron chi connectivity index (χ4n) is 3.60. The zero-order valence-corrected chi connectivity index (χ0v) is 18.7. The van der Waals surface area contributed by atoms with Gasteiger partial charge in [0.05, 0.1) is 23.4 Å². The Kier molecular flexibility index (Phi) is 6.43. The molecule has 0 saturated carbocycles. The molecular formula is C24H23N3O4S. The normalized spacial score (nSPS) is 12.9. The van der Waals surface area contributed by atoms with Crippen LogP contribution < -0.4 is 5.32 Å². The Morgan fingerprint density at radius 3 is 2.66 bits per heavy atom. The Morgan fingerprint density at radius 1 is 1.09 bits per heavy atom. The van der Waals surface area contributed by atoms with Crippen molar-refractivity contribution < 1.29 is 19.1 Å². The molecule has 2 aromatic carbocycles. The molecule has 32 heavy (non-hydrogen) atoms. The average Bonchev–Trinajstić information content (AvgIpc) is 3.36. The minimum absolute atomic E-state index is 0.260. The summed E-state index contributed by atoms with van der Waals surface area (Å²) in [4.78, 5) is 43.6. The monoisotopic (exact) mass is 449 g/mol.